The summed E-state index contributed by atoms with van der Waals surface area (Å²) in [6.07, 6.45) is 1.69. The second kappa shape index (κ2) is 10.7. The maximum atomic E-state index is 12.7. The third kappa shape index (κ3) is 5.96. The molecule has 1 saturated heterocycles. The van der Waals surface area contributed by atoms with Crippen molar-refractivity contribution in [3.05, 3.63) is 88.5 Å². The minimum absolute atomic E-state index is 0.00348. The van der Waals surface area contributed by atoms with Crippen molar-refractivity contribution in [1.82, 2.24) is 4.31 Å². The Balaban J connectivity index is 1.53. The van der Waals surface area contributed by atoms with Crippen LogP contribution >= 0.6 is 0 Å². The van der Waals surface area contributed by atoms with E-state index < -0.39 is 30.7 Å². The van der Waals surface area contributed by atoms with Crippen LogP contribution in [0.2, 0.25) is 0 Å². The van der Waals surface area contributed by atoms with Crippen molar-refractivity contribution < 1.29 is 21.8 Å². The molecule has 4 rings (SSSR count). The Kier molecular flexibility index (Phi) is 7.57. The van der Waals surface area contributed by atoms with Gasteiger partial charge in [0.2, 0.25) is 10.0 Å². The van der Waals surface area contributed by atoms with Crippen molar-refractivity contribution in [1.29, 1.82) is 0 Å². The number of nitro benzene ring substituents is 1. The first kappa shape index (κ1) is 26.3. The number of benzene rings is 3. The van der Waals surface area contributed by atoms with Gasteiger partial charge in [0.15, 0.2) is 0 Å². The predicted octanol–water partition coefficient (Wildman–Crippen LogP) is 4.02. The van der Waals surface area contributed by atoms with Crippen molar-refractivity contribution in [2.75, 3.05) is 23.2 Å². The van der Waals surface area contributed by atoms with Crippen molar-refractivity contribution in [3.8, 4) is 0 Å². The molecule has 1 fully saturated rings. The Morgan fingerprint density at radius 2 is 1.54 bits per heavy atom. The maximum absolute atomic E-state index is 12.7. The second-order valence-corrected chi connectivity index (χ2v) is 12.0. The van der Waals surface area contributed by atoms with Gasteiger partial charge in [0.05, 0.1) is 20.4 Å². The van der Waals surface area contributed by atoms with Crippen molar-refractivity contribution in [2.24, 2.45) is 5.10 Å². The number of nitrogens with zero attached hydrogens (tertiary/aromatic N) is 3. The van der Waals surface area contributed by atoms with Crippen LogP contribution in [0.1, 0.15) is 25.3 Å². The van der Waals surface area contributed by atoms with Crippen molar-refractivity contribution in [3.63, 3.8) is 0 Å². The molecule has 0 unspecified atom stereocenters. The molecule has 0 radical (unpaired) electrons. The van der Waals surface area contributed by atoms with E-state index in [0.717, 1.165) is 18.9 Å². The van der Waals surface area contributed by atoms with E-state index in [9.17, 15) is 26.9 Å². The molecule has 0 aromatic heterocycles. The molecular formula is C24H25N5O6S2. The number of anilines is 2. The number of hydrogen-bond acceptors (Lipinski definition) is 8. The standard InChI is InChI=1S/C24H25N5O6S2/c1-18(19-9-11-21(12-10-19)37(34,35)28-15-5-6-16-28)25-26-23-14-13-22(17-24(23)29(30)31)36(32,33)27-20-7-3-2-4-8-20/h2-4,7-14,17,26-27H,5-6,15-16H2,1H3. The van der Waals surface area contributed by atoms with Crippen LogP contribution in [0.15, 0.2) is 87.7 Å². The van der Waals surface area contributed by atoms with E-state index in [4.69, 9.17) is 0 Å². The van der Waals surface area contributed by atoms with Crippen LogP contribution in [-0.2, 0) is 20.0 Å². The van der Waals surface area contributed by atoms with Crippen LogP contribution in [0.3, 0.4) is 0 Å². The van der Waals surface area contributed by atoms with Gasteiger partial charge in [-0.25, -0.2) is 16.8 Å². The highest BCUT2D eigenvalue weighted by atomic mass is 32.2. The van der Waals surface area contributed by atoms with E-state index in [2.05, 4.69) is 15.2 Å². The lowest BCUT2D eigenvalue weighted by atomic mass is 10.1. The Morgan fingerprint density at radius 1 is 0.919 bits per heavy atom. The lowest BCUT2D eigenvalue weighted by Gasteiger charge is -2.15. The first-order valence-corrected chi connectivity index (χ1v) is 14.3. The minimum atomic E-state index is -4.05. The van der Waals surface area contributed by atoms with Crippen molar-refractivity contribution >= 4 is 42.8 Å². The summed E-state index contributed by atoms with van der Waals surface area (Å²) in [6.45, 7) is 2.68. The lowest BCUT2D eigenvalue weighted by molar-refractivity contribution is -0.384. The van der Waals surface area contributed by atoms with Crippen LogP contribution in [-0.4, -0.2) is 44.9 Å². The predicted molar refractivity (Wildman–Crippen MR) is 141 cm³/mol. The van der Waals surface area contributed by atoms with Gasteiger partial charge in [0.1, 0.15) is 5.69 Å². The molecule has 1 aliphatic heterocycles. The lowest BCUT2D eigenvalue weighted by Crippen LogP contribution is -2.27. The van der Waals surface area contributed by atoms with Gasteiger partial charge in [0, 0.05) is 24.8 Å². The van der Waals surface area contributed by atoms with Crippen molar-refractivity contribution in [2.45, 2.75) is 29.6 Å². The van der Waals surface area contributed by atoms with E-state index in [-0.39, 0.29) is 15.5 Å². The summed E-state index contributed by atoms with van der Waals surface area (Å²) in [6, 6.07) is 17.9. The zero-order chi connectivity index (χ0) is 26.6. The van der Waals surface area contributed by atoms with Crippen LogP contribution < -0.4 is 10.1 Å². The summed E-state index contributed by atoms with van der Waals surface area (Å²) >= 11 is 0. The molecule has 194 valence electrons. The number of nitro groups is 1. The van der Waals surface area contributed by atoms with Crippen LogP contribution in [0.4, 0.5) is 17.1 Å². The SMILES string of the molecule is CC(=NNc1ccc(S(=O)(=O)Nc2ccccc2)cc1[N+](=O)[O-])c1ccc(S(=O)(=O)N2CCCC2)cc1. The fourth-order valence-corrected chi connectivity index (χ4v) is 6.39. The van der Waals surface area contributed by atoms with Gasteiger partial charge in [-0.3, -0.25) is 20.3 Å². The highest BCUT2D eigenvalue weighted by Crippen LogP contribution is 2.29. The Labute approximate surface area is 215 Å². The zero-order valence-electron chi connectivity index (χ0n) is 19.9. The molecule has 0 bridgehead atoms. The summed E-state index contributed by atoms with van der Waals surface area (Å²) in [5, 5.41) is 15.8. The van der Waals surface area contributed by atoms with Gasteiger partial charge in [0.25, 0.3) is 15.7 Å². The molecule has 0 amide bonds. The van der Waals surface area contributed by atoms with Gasteiger partial charge in [-0.2, -0.15) is 9.41 Å². The van der Waals surface area contributed by atoms with Crippen LogP contribution in [0, 0.1) is 10.1 Å². The smallest absolute Gasteiger partial charge is 0.280 e. The molecule has 2 N–H and O–H groups in total. The van der Waals surface area contributed by atoms with E-state index in [1.165, 1.54) is 28.6 Å². The molecule has 11 nitrogen and oxygen atoms in total. The minimum Gasteiger partial charge on any atom is -0.280 e. The Hall–Kier alpha value is -3.81. The van der Waals surface area contributed by atoms with Gasteiger partial charge in [-0.1, -0.05) is 30.3 Å². The fourth-order valence-electron chi connectivity index (χ4n) is 3.80. The molecule has 13 heteroatoms. The highest BCUT2D eigenvalue weighted by molar-refractivity contribution is 7.92. The molecule has 3 aromatic carbocycles. The molecule has 1 aliphatic rings. The molecule has 37 heavy (non-hydrogen) atoms. The first-order valence-electron chi connectivity index (χ1n) is 11.4. The van der Waals surface area contributed by atoms with E-state index in [1.807, 2.05) is 0 Å². The average molecular weight is 544 g/mol. The maximum Gasteiger partial charge on any atom is 0.295 e. The summed E-state index contributed by atoms with van der Waals surface area (Å²) in [5.74, 6) is 0. The number of para-hydroxylation sites is 1. The number of sulfonamides is 2. The quantitative estimate of drug-likeness (QED) is 0.235. The average Bonchev–Trinajstić information content (AvgIpc) is 3.44. The number of hydrogen-bond donors (Lipinski definition) is 2. The number of hydrazone groups is 1. The zero-order valence-corrected chi connectivity index (χ0v) is 21.5. The van der Waals surface area contributed by atoms with Crippen LogP contribution in [0.5, 0.6) is 0 Å². The summed E-state index contributed by atoms with van der Waals surface area (Å²) in [4.78, 5) is 10.9. The van der Waals surface area contributed by atoms with Gasteiger partial charge >= 0.3 is 0 Å². The van der Waals surface area contributed by atoms with E-state index in [1.54, 1.807) is 49.4 Å². The third-order valence-corrected chi connectivity index (χ3v) is 9.11. The molecular weight excluding hydrogens is 518 g/mol. The third-order valence-electron chi connectivity index (χ3n) is 5.82. The van der Waals surface area contributed by atoms with E-state index >= 15 is 0 Å². The summed E-state index contributed by atoms with van der Waals surface area (Å²) in [5.41, 5.74) is 3.52. The normalized spacial score (nSPS) is 14.9. The molecule has 1 heterocycles. The molecule has 0 atom stereocenters. The Morgan fingerprint density at radius 3 is 2.16 bits per heavy atom. The number of nitrogens with one attached hydrogen (secondary N) is 2. The van der Waals surface area contributed by atoms with Gasteiger partial charge in [-0.05, 0) is 61.7 Å². The second-order valence-electron chi connectivity index (χ2n) is 8.35. The largest absolute Gasteiger partial charge is 0.295 e. The monoisotopic (exact) mass is 543 g/mol. The molecule has 0 spiro atoms. The summed E-state index contributed by atoms with van der Waals surface area (Å²) < 4.78 is 54.6. The molecule has 3 aromatic rings. The van der Waals surface area contributed by atoms with E-state index in [0.29, 0.717) is 30.1 Å². The highest BCUT2D eigenvalue weighted by Gasteiger charge is 2.27. The molecule has 0 saturated carbocycles. The topological polar surface area (TPSA) is 151 Å². The van der Waals surface area contributed by atoms with Gasteiger partial charge in [-0.15, -0.1) is 0 Å². The molecule has 0 aliphatic carbocycles. The first-order chi connectivity index (χ1) is 17.6. The van der Waals surface area contributed by atoms with Gasteiger partial charge < -0.3 is 0 Å². The summed E-state index contributed by atoms with van der Waals surface area (Å²) in [7, 11) is -7.59. The fraction of sp³-hybridized carbons (Fsp3) is 0.208. The Bertz CT molecular complexity index is 1530. The number of rotatable bonds is 9. The van der Waals surface area contributed by atoms with Crippen LogP contribution in [0.25, 0.3) is 0 Å².